The van der Waals surface area contributed by atoms with Crippen molar-refractivity contribution in [3.05, 3.63) is 168 Å². The Morgan fingerprint density at radius 3 is 2.40 bits per heavy atom. The molecule has 0 N–H and O–H groups in total. The largest absolute Gasteiger partial charge is 0.313 e. The molecule has 0 amide bonds. The summed E-state index contributed by atoms with van der Waals surface area (Å²) in [5.41, 5.74) is 14.4. The number of nitrogens with zero attached hydrogens (tertiary/aromatic N) is 3. The van der Waals surface area contributed by atoms with E-state index in [2.05, 4.69) is 157 Å². The number of para-hydroxylation sites is 1. The lowest BCUT2D eigenvalue weighted by Gasteiger charge is -2.27. The number of hydrogen-bond acceptors (Lipinski definition) is 2. The number of fused-ring (bicyclic) bond motifs is 6. The van der Waals surface area contributed by atoms with Crippen molar-refractivity contribution < 1.29 is 0 Å². The highest BCUT2D eigenvalue weighted by Gasteiger charge is 2.35. The zero-order chi connectivity index (χ0) is 31.5. The molecule has 2 aromatic heterocycles. The topological polar surface area (TPSA) is 21.1 Å². The van der Waals surface area contributed by atoms with E-state index in [-0.39, 0.29) is 5.41 Å². The van der Waals surface area contributed by atoms with Crippen molar-refractivity contribution in [2.24, 2.45) is 0 Å². The first-order chi connectivity index (χ1) is 23.1. The van der Waals surface area contributed by atoms with Gasteiger partial charge in [0.2, 0.25) is 0 Å². The Hall–Kier alpha value is -5.41. The van der Waals surface area contributed by atoms with Crippen LogP contribution in [0.5, 0.6) is 0 Å². The second-order valence-corrected chi connectivity index (χ2v) is 13.5. The van der Waals surface area contributed by atoms with Gasteiger partial charge in [-0.3, -0.25) is 4.90 Å². The first-order valence-corrected chi connectivity index (χ1v) is 16.8. The molecule has 3 aliphatic rings. The van der Waals surface area contributed by atoms with Gasteiger partial charge >= 0.3 is 0 Å². The molecule has 228 valence electrons. The van der Waals surface area contributed by atoms with Gasteiger partial charge in [-0.1, -0.05) is 98.8 Å². The van der Waals surface area contributed by atoms with E-state index in [1.165, 1.54) is 55.7 Å². The Labute approximate surface area is 276 Å². The standard InChI is InChI=1S/C44H37N3/c1-44(2)39-16-8-6-14-35(39)36-25-24-34(29-40(36)44)46(43-18-10-11-27-45-43)33-22-19-30(20-23-33)31-21-26-42-38(28-31)37-15-7-9-17-41(37)47(42)32-12-4-3-5-13-32/h3-4,6-12,14-27,29,31H,5,13,28H2,1-2H3. The van der Waals surface area contributed by atoms with Crippen molar-refractivity contribution in [2.45, 2.75) is 44.4 Å². The number of pyridine rings is 1. The molecule has 1 unspecified atom stereocenters. The maximum Gasteiger partial charge on any atom is 0.137 e. The van der Waals surface area contributed by atoms with Crippen LogP contribution in [0.25, 0.3) is 33.8 Å². The summed E-state index contributed by atoms with van der Waals surface area (Å²) in [4.78, 5) is 7.10. The van der Waals surface area contributed by atoms with Crippen LogP contribution < -0.4 is 4.90 Å². The maximum atomic E-state index is 4.81. The third-order valence-corrected chi connectivity index (χ3v) is 10.5. The predicted octanol–water partition coefficient (Wildman–Crippen LogP) is 11.4. The van der Waals surface area contributed by atoms with Gasteiger partial charge in [-0.15, -0.1) is 0 Å². The minimum atomic E-state index is -0.0684. The summed E-state index contributed by atoms with van der Waals surface area (Å²) >= 11 is 0. The fraction of sp³-hybridized carbons (Fsp3) is 0.159. The Morgan fingerprint density at radius 1 is 0.787 bits per heavy atom. The van der Waals surface area contributed by atoms with E-state index in [0.29, 0.717) is 5.92 Å². The second kappa shape index (κ2) is 10.8. The third-order valence-electron chi connectivity index (χ3n) is 10.5. The Balaban J connectivity index is 1.08. The smallest absolute Gasteiger partial charge is 0.137 e. The maximum absolute atomic E-state index is 4.81. The van der Waals surface area contributed by atoms with E-state index in [1.54, 1.807) is 0 Å². The number of hydrogen-bond donors (Lipinski definition) is 0. The van der Waals surface area contributed by atoms with Crippen LogP contribution in [0.4, 0.5) is 17.2 Å². The average molecular weight is 608 g/mol. The second-order valence-electron chi connectivity index (χ2n) is 13.5. The molecule has 6 aromatic rings. The SMILES string of the molecule is CC1(C)c2ccccc2-c2ccc(N(c3ccc(C4C=Cc5c(c6ccccc6n5C5=CC=CCC5)C4)cc3)c3ccccn3)cc21. The minimum Gasteiger partial charge on any atom is -0.313 e. The van der Waals surface area contributed by atoms with E-state index in [0.717, 1.165) is 36.5 Å². The summed E-state index contributed by atoms with van der Waals surface area (Å²) in [5.74, 6) is 1.23. The van der Waals surface area contributed by atoms with Crippen molar-refractivity contribution in [3.8, 4) is 11.1 Å². The normalized spacial score (nSPS) is 17.2. The molecular formula is C44H37N3. The fourth-order valence-electron chi connectivity index (χ4n) is 8.13. The number of benzene rings is 4. The molecule has 9 rings (SSSR count). The quantitative estimate of drug-likeness (QED) is 0.194. The van der Waals surface area contributed by atoms with Crippen LogP contribution >= 0.6 is 0 Å². The molecule has 1 atom stereocenters. The number of anilines is 3. The predicted molar refractivity (Wildman–Crippen MR) is 197 cm³/mol. The summed E-state index contributed by atoms with van der Waals surface area (Å²) in [6, 6.07) is 40.0. The van der Waals surface area contributed by atoms with Crippen LogP contribution in [0.3, 0.4) is 0 Å². The lowest BCUT2D eigenvalue weighted by Crippen LogP contribution is -2.17. The highest BCUT2D eigenvalue weighted by molar-refractivity contribution is 5.92. The molecule has 3 aliphatic carbocycles. The Morgan fingerprint density at radius 2 is 1.57 bits per heavy atom. The summed E-state index contributed by atoms with van der Waals surface area (Å²) in [5, 5.41) is 1.37. The summed E-state index contributed by atoms with van der Waals surface area (Å²) in [7, 11) is 0. The van der Waals surface area contributed by atoms with Crippen LogP contribution in [-0.2, 0) is 11.8 Å². The molecule has 47 heavy (non-hydrogen) atoms. The van der Waals surface area contributed by atoms with Gasteiger partial charge in [0.25, 0.3) is 0 Å². The molecule has 0 saturated carbocycles. The fourth-order valence-corrected chi connectivity index (χ4v) is 8.13. The van der Waals surface area contributed by atoms with Gasteiger partial charge in [-0.05, 0) is 107 Å². The highest BCUT2D eigenvalue weighted by atomic mass is 15.2. The van der Waals surface area contributed by atoms with E-state index < -0.39 is 0 Å². The Kier molecular flexibility index (Phi) is 6.43. The van der Waals surface area contributed by atoms with E-state index in [4.69, 9.17) is 4.98 Å². The first kappa shape index (κ1) is 27.9. The van der Waals surface area contributed by atoms with Gasteiger partial charge in [0.05, 0.1) is 5.52 Å². The van der Waals surface area contributed by atoms with Crippen molar-refractivity contribution in [1.82, 2.24) is 9.55 Å². The third kappa shape index (κ3) is 4.45. The van der Waals surface area contributed by atoms with Crippen molar-refractivity contribution in [1.29, 1.82) is 0 Å². The molecule has 4 aromatic carbocycles. The Bertz CT molecular complexity index is 2250. The summed E-state index contributed by atoms with van der Waals surface area (Å²) in [6.07, 6.45) is 16.5. The van der Waals surface area contributed by atoms with Gasteiger partial charge in [0.1, 0.15) is 5.82 Å². The number of allylic oxidation sites excluding steroid dienone is 5. The molecule has 0 saturated heterocycles. The van der Waals surface area contributed by atoms with Gasteiger partial charge in [-0.25, -0.2) is 4.98 Å². The molecule has 0 fully saturated rings. The van der Waals surface area contributed by atoms with Gasteiger partial charge in [0, 0.05) is 45.7 Å². The van der Waals surface area contributed by atoms with Crippen LogP contribution in [0, 0.1) is 0 Å². The monoisotopic (exact) mass is 607 g/mol. The van der Waals surface area contributed by atoms with Crippen molar-refractivity contribution in [3.63, 3.8) is 0 Å². The summed E-state index contributed by atoms with van der Waals surface area (Å²) < 4.78 is 2.49. The van der Waals surface area contributed by atoms with Crippen molar-refractivity contribution in [2.75, 3.05) is 4.90 Å². The first-order valence-electron chi connectivity index (χ1n) is 16.8. The van der Waals surface area contributed by atoms with Crippen LogP contribution in [0.1, 0.15) is 60.6 Å². The van der Waals surface area contributed by atoms with Crippen LogP contribution in [0.15, 0.2) is 140 Å². The van der Waals surface area contributed by atoms with Gasteiger partial charge in [-0.2, -0.15) is 0 Å². The molecule has 0 bridgehead atoms. The zero-order valence-corrected chi connectivity index (χ0v) is 26.9. The number of rotatable bonds is 5. The molecule has 2 heterocycles. The molecule has 0 radical (unpaired) electrons. The van der Waals surface area contributed by atoms with Gasteiger partial charge in [0.15, 0.2) is 0 Å². The van der Waals surface area contributed by atoms with Crippen LogP contribution in [0.2, 0.25) is 0 Å². The van der Waals surface area contributed by atoms with E-state index >= 15 is 0 Å². The molecular weight excluding hydrogens is 571 g/mol. The molecule has 3 nitrogen and oxygen atoms in total. The average Bonchev–Trinajstić information content (AvgIpc) is 3.58. The van der Waals surface area contributed by atoms with E-state index in [9.17, 15) is 0 Å². The summed E-state index contributed by atoms with van der Waals surface area (Å²) in [6.45, 7) is 4.68. The van der Waals surface area contributed by atoms with Gasteiger partial charge < -0.3 is 4.57 Å². The molecule has 3 heteroatoms. The minimum absolute atomic E-state index is 0.0684. The number of aromatic nitrogens is 2. The lowest BCUT2D eigenvalue weighted by molar-refractivity contribution is 0.660. The molecule has 0 aliphatic heterocycles. The molecule has 0 spiro atoms. The van der Waals surface area contributed by atoms with E-state index in [1.807, 2.05) is 12.3 Å². The zero-order valence-electron chi connectivity index (χ0n) is 26.9. The van der Waals surface area contributed by atoms with Crippen molar-refractivity contribution >= 4 is 39.9 Å². The van der Waals surface area contributed by atoms with Crippen LogP contribution in [-0.4, -0.2) is 9.55 Å². The lowest BCUT2D eigenvalue weighted by atomic mass is 9.82. The highest BCUT2D eigenvalue weighted by Crippen LogP contribution is 2.50.